The number of rotatable bonds is 5. The van der Waals surface area contributed by atoms with Crippen LogP contribution in [-0.4, -0.2) is 27.8 Å². The van der Waals surface area contributed by atoms with E-state index in [0.29, 0.717) is 27.3 Å². The fraction of sp³-hybridized carbons (Fsp3) is 0.0455. The van der Waals surface area contributed by atoms with E-state index < -0.39 is 5.91 Å². The van der Waals surface area contributed by atoms with Crippen LogP contribution in [0.15, 0.2) is 72.8 Å². The molecule has 0 bridgehead atoms. The number of hydrogen-bond acceptors (Lipinski definition) is 4. The number of anilines is 1. The lowest BCUT2D eigenvalue weighted by Gasteiger charge is -2.07. The van der Waals surface area contributed by atoms with Crippen molar-refractivity contribution in [1.82, 2.24) is 14.8 Å². The van der Waals surface area contributed by atoms with Gasteiger partial charge in [-0.15, -0.1) is 5.10 Å². The molecule has 0 aliphatic rings. The maximum atomic E-state index is 12.8. The molecule has 0 saturated carbocycles. The van der Waals surface area contributed by atoms with Crippen LogP contribution in [0.1, 0.15) is 10.6 Å². The van der Waals surface area contributed by atoms with Crippen LogP contribution in [0.5, 0.6) is 5.75 Å². The normalized spacial score (nSPS) is 10.6. The summed E-state index contributed by atoms with van der Waals surface area (Å²) in [5.74, 6) is 0.830. The molecule has 1 heterocycles. The third-order valence-corrected chi connectivity index (χ3v) is 4.84. The van der Waals surface area contributed by atoms with E-state index >= 15 is 0 Å². The van der Waals surface area contributed by atoms with E-state index in [4.69, 9.17) is 27.9 Å². The summed E-state index contributed by atoms with van der Waals surface area (Å²) < 4.78 is 6.83. The van der Waals surface area contributed by atoms with Gasteiger partial charge in [0.25, 0.3) is 5.91 Å². The van der Waals surface area contributed by atoms with Crippen molar-refractivity contribution in [3.63, 3.8) is 0 Å². The summed E-state index contributed by atoms with van der Waals surface area (Å²) in [6, 6.07) is 21.3. The second-order valence-electron chi connectivity index (χ2n) is 6.34. The monoisotopic (exact) mass is 438 g/mol. The number of aromatic nitrogens is 3. The van der Waals surface area contributed by atoms with E-state index in [-0.39, 0.29) is 5.82 Å². The molecule has 0 fully saturated rings. The molecule has 0 saturated heterocycles. The zero-order valence-corrected chi connectivity index (χ0v) is 17.4. The quantitative estimate of drug-likeness (QED) is 0.446. The van der Waals surface area contributed by atoms with Crippen molar-refractivity contribution in [1.29, 1.82) is 0 Å². The summed E-state index contributed by atoms with van der Waals surface area (Å²) in [7, 11) is 1.60. The molecule has 30 heavy (non-hydrogen) atoms. The molecule has 1 N–H and O–H groups in total. The van der Waals surface area contributed by atoms with Crippen molar-refractivity contribution >= 4 is 34.8 Å². The van der Waals surface area contributed by atoms with Crippen molar-refractivity contribution in [3.8, 4) is 22.8 Å². The molecule has 0 unspecified atom stereocenters. The largest absolute Gasteiger partial charge is 0.497 e. The van der Waals surface area contributed by atoms with Gasteiger partial charge in [0.2, 0.25) is 5.82 Å². The molecule has 0 aliphatic carbocycles. The molecule has 8 heteroatoms. The molecular weight excluding hydrogens is 423 g/mol. The molecule has 4 aromatic rings. The van der Waals surface area contributed by atoms with Gasteiger partial charge in [0, 0.05) is 21.3 Å². The minimum absolute atomic E-state index is 0.0331. The SMILES string of the molecule is COc1ccc(-n2nc(C(=O)Nc3ccc(Cl)cc3)nc2-c2ccc(Cl)cc2)cc1. The Morgan fingerprint density at radius 3 is 2.10 bits per heavy atom. The Labute approximate surface area is 183 Å². The van der Waals surface area contributed by atoms with Gasteiger partial charge in [0.1, 0.15) is 5.75 Å². The lowest BCUT2D eigenvalue weighted by molar-refractivity contribution is 0.101. The number of carbonyl (C=O) groups excluding carboxylic acids is 1. The molecule has 0 spiro atoms. The van der Waals surface area contributed by atoms with Crippen molar-refractivity contribution < 1.29 is 9.53 Å². The van der Waals surface area contributed by atoms with E-state index in [1.165, 1.54) is 0 Å². The minimum atomic E-state index is -0.431. The first-order valence-electron chi connectivity index (χ1n) is 8.98. The number of benzene rings is 3. The molecule has 0 radical (unpaired) electrons. The maximum absolute atomic E-state index is 12.8. The summed E-state index contributed by atoms with van der Waals surface area (Å²) in [6.07, 6.45) is 0. The average molecular weight is 439 g/mol. The smallest absolute Gasteiger partial charge is 0.295 e. The minimum Gasteiger partial charge on any atom is -0.497 e. The predicted octanol–water partition coefficient (Wildman–Crippen LogP) is 5.50. The first-order valence-corrected chi connectivity index (χ1v) is 9.73. The molecule has 150 valence electrons. The van der Waals surface area contributed by atoms with Crippen LogP contribution in [0.2, 0.25) is 10.0 Å². The number of nitrogens with one attached hydrogen (secondary N) is 1. The van der Waals surface area contributed by atoms with E-state index in [1.54, 1.807) is 48.2 Å². The maximum Gasteiger partial charge on any atom is 0.295 e. The van der Waals surface area contributed by atoms with E-state index in [1.807, 2.05) is 36.4 Å². The fourth-order valence-electron chi connectivity index (χ4n) is 2.82. The first kappa shape index (κ1) is 19.9. The summed E-state index contributed by atoms with van der Waals surface area (Å²) in [4.78, 5) is 17.2. The molecule has 6 nitrogen and oxygen atoms in total. The zero-order valence-electron chi connectivity index (χ0n) is 15.8. The Balaban J connectivity index is 1.73. The lowest BCUT2D eigenvalue weighted by atomic mass is 10.2. The predicted molar refractivity (Wildman–Crippen MR) is 118 cm³/mol. The van der Waals surface area contributed by atoms with Gasteiger partial charge in [-0.1, -0.05) is 23.2 Å². The summed E-state index contributed by atoms with van der Waals surface area (Å²) in [5, 5.41) is 8.41. The van der Waals surface area contributed by atoms with E-state index in [0.717, 1.165) is 11.3 Å². The van der Waals surface area contributed by atoms with Crippen LogP contribution in [-0.2, 0) is 0 Å². The van der Waals surface area contributed by atoms with E-state index in [9.17, 15) is 4.79 Å². The van der Waals surface area contributed by atoms with Crippen molar-refractivity contribution in [2.45, 2.75) is 0 Å². The fourth-order valence-corrected chi connectivity index (χ4v) is 3.07. The number of methoxy groups -OCH3 is 1. The van der Waals surface area contributed by atoms with Crippen LogP contribution in [0, 0.1) is 0 Å². The summed E-state index contributed by atoms with van der Waals surface area (Å²) >= 11 is 11.9. The third-order valence-electron chi connectivity index (χ3n) is 4.33. The first-order chi connectivity index (χ1) is 14.5. The van der Waals surface area contributed by atoms with Gasteiger partial charge in [0.05, 0.1) is 12.8 Å². The van der Waals surface area contributed by atoms with E-state index in [2.05, 4.69) is 15.4 Å². The molecule has 1 aromatic heterocycles. The van der Waals surface area contributed by atoms with Gasteiger partial charge in [0.15, 0.2) is 5.82 Å². The van der Waals surface area contributed by atoms with Crippen molar-refractivity contribution in [3.05, 3.63) is 88.7 Å². The molecule has 1 amide bonds. The number of hydrogen-bond donors (Lipinski definition) is 1. The van der Waals surface area contributed by atoms with Gasteiger partial charge in [-0.3, -0.25) is 4.79 Å². The van der Waals surface area contributed by atoms with Gasteiger partial charge in [-0.25, -0.2) is 9.67 Å². The van der Waals surface area contributed by atoms with Crippen LogP contribution < -0.4 is 10.1 Å². The van der Waals surface area contributed by atoms with Gasteiger partial charge in [-0.05, 0) is 72.8 Å². The topological polar surface area (TPSA) is 69.0 Å². The number of ether oxygens (including phenoxy) is 1. The molecule has 0 atom stereocenters. The molecule has 3 aromatic carbocycles. The van der Waals surface area contributed by atoms with Crippen LogP contribution in [0.4, 0.5) is 5.69 Å². The highest BCUT2D eigenvalue weighted by molar-refractivity contribution is 6.31. The number of halogens is 2. The molecule has 4 rings (SSSR count). The molecule has 0 aliphatic heterocycles. The number of amides is 1. The highest BCUT2D eigenvalue weighted by Crippen LogP contribution is 2.24. The van der Waals surface area contributed by atoms with Crippen molar-refractivity contribution in [2.24, 2.45) is 0 Å². The van der Waals surface area contributed by atoms with Gasteiger partial charge < -0.3 is 10.1 Å². The van der Waals surface area contributed by atoms with Crippen molar-refractivity contribution in [2.75, 3.05) is 12.4 Å². The Morgan fingerprint density at radius 2 is 1.50 bits per heavy atom. The Hall–Kier alpha value is -3.35. The summed E-state index contributed by atoms with van der Waals surface area (Å²) in [5.41, 5.74) is 2.10. The average Bonchev–Trinajstić information content (AvgIpc) is 3.21. The standard InChI is InChI=1S/C22H16Cl2N4O2/c1-30-19-12-10-18(11-13-19)28-21(14-2-4-15(23)5-3-14)26-20(27-28)22(29)25-17-8-6-16(24)7-9-17/h2-13H,1H3,(H,25,29). The lowest BCUT2D eigenvalue weighted by Crippen LogP contribution is -2.14. The number of nitrogens with zero attached hydrogens (tertiary/aromatic N) is 3. The highest BCUT2D eigenvalue weighted by Gasteiger charge is 2.19. The summed E-state index contributed by atoms with van der Waals surface area (Å²) in [6.45, 7) is 0. The Kier molecular flexibility index (Phi) is 5.70. The second kappa shape index (κ2) is 8.57. The Morgan fingerprint density at radius 1 is 0.900 bits per heavy atom. The van der Waals surface area contributed by atoms with Crippen LogP contribution in [0.25, 0.3) is 17.1 Å². The van der Waals surface area contributed by atoms with Gasteiger partial charge in [-0.2, -0.15) is 0 Å². The molecular formula is C22H16Cl2N4O2. The third kappa shape index (κ3) is 4.30. The Bertz CT molecular complexity index is 1170. The number of carbonyl (C=O) groups is 1. The zero-order chi connectivity index (χ0) is 21.1. The second-order valence-corrected chi connectivity index (χ2v) is 7.21. The van der Waals surface area contributed by atoms with Crippen LogP contribution in [0.3, 0.4) is 0 Å². The van der Waals surface area contributed by atoms with Gasteiger partial charge >= 0.3 is 0 Å². The van der Waals surface area contributed by atoms with Crippen LogP contribution >= 0.6 is 23.2 Å². The highest BCUT2D eigenvalue weighted by atomic mass is 35.5.